The van der Waals surface area contributed by atoms with Gasteiger partial charge in [0.05, 0.1) is 21.8 Å². The molecule has 36 heavy (non-hydrogen) atoms. The number of rotatable bonds is 9. The molecule has 0 spiro atoms. The fourth-order valence-corrected chi connectivity index (χ4v) is 6.93. The molecular weight excluding hydrogens is 540 g/mol. The normalized spacial score (nSPS) is 13.5. The molecular formula is C18H19F2N9O4S3. The highest BCUT2D eigenvalue weighted by molar-refractivity contribution is 7.92. The van der Waals surface area contributed by atoms with E-state index in [0.29, 0.717) is 15.8 Å². The molecule has 2 aromatic heterocycles. The van der Waals surface area contributed by atoms with Gasteiger partial charge in [0, 0.05) is 12.1 Å². The van der Waals surface area contributed by atoms with Crippen LogP contribution >= 0.6 is 11.3 Å². The van der Waals surface area contributed by atoms with E-state index in [1.54, 1.807) is 18.2 Å². The molecule has 0 aliphatic carbocycles. The Morgan fingerprint density at radius 2 is 1.86 bits per heavy atom. The second-order valence-electron chi connectivity index (χ2n) is 7.48. The van der Waals surface area contributed by atoms with Crippen molar-refractivity contribution in [2.24, 2.45) is 10.9 Å². The summed E-state index contributed by atoms with van der Waals surface area (Å²) in [4.78, 5) is 2.75. The van der Waals surface area contributed by atoms with Gasteiger partial charge in [-0.25, -0.2) is 40.5 Å². The standard InChI is InChI=1S/C18H19F2N9O4S3/c19-16(20)10(21)6-7-24-36(32,33)12-5-4-8(9-2-1-3-11-14(9)25-18(22)34-11)13(15(12)35(23,30)31)17-26-28-29-27-17/h1-5,10,16,24H,6-7,21H2,(H2,22,25)(H2,23,30,31)(H,26,27,28,29). The van der Waals surface area contributed by atoms with Crippen LogP contribution in [0.2, 0.25) is 0 Å². The number of hydrogen-bond donors (Lipinski definition) is 5. The zero-order valence-corrected chi connectivity index (χ0v) is 20.5. The molecule has 0 saturated carbocycles. The van der Waals surface area contributed by atoms with Crippen LogP contribution in [0.3, 0.4) is 0 Å². The number of benzene rings is 2. The summed E-state index contributed by atoms with van der Waals surface area (Å²) in [6.07, 6.45) is -3.26. The molecule has 0 aliphatic rings. The number of hydrogen-bond acceptors (Lipinski definition) is 11. The molecule has 8 N–H and O–H groups in total. The number of nitrogens with one attached hydrogen (secondary N) is 2. The monoisotopic (exact) mass is 559 g/mol. The molecule has 0 saturated heterocycles. The van der Waals surface area contributed by atoms with Gasteiger partial charge in [0.15, 0.2) is 5.13 Å². The first-order chi connectivity index (χ1) is 16.9. The molecule has 1 atom stereocenters. The number of alkyl halides is 2. The molecule has 18 heteroatoms. The Balaban J connectivity index is 1.96. The van der Waals surface area contributed by atoms with Crippen molar-refractivity contribution in [1.29, 1.82) is 0 Å². The van der Waals surface area contributed by atoms with Gasteiger partial charge in [0.25, 0.3) is 6.43 Å². The summed E-state index contributed by atoms with van der Waals surface area (Å²) in [6, 6.07) is 5.87. The topological polar surface area (TPSA) is 226 Å². The summed E-state index contributed by atoms with van der Waals surface area (Å²) in [6.45, 7) is -0.478. The van der Waals surface area contributed by atoms with Crippen LogP contribution < -0.4 is 21.3 Å². The highest BCUT2D eigenvalue weighted by Gasteiger charge is 2.32. The first-order valence-electron chi connectivity index (χ1n) is 10.0. The van der Waals surface area contributed by atoms with E-state index in [1.807, 2.05) is 0 Å². The first kappa shape index (κ1) is 25.9. The SMILES string of the molecule is Nc1nc2c(-c3ccc(S(=O)(=O)NCCC(N)C(F)F)c(S(N)(=O)=O)c3-c3nn[nH]n3)cccc2s1. The molecule has 4 rings (SSSR count). The number of aromatic nitrogens is 5. The Bertz CT molecular complexity index is 1620. The quantitative estimate of drug-likeness (QED) is 0.192. The number of nitrogens with two attached hydrogens (primary N) is 3. The van der Waals surface area contributed by atoms with Crippen LogP contribution in [-0.2, 0) is 20.0 Å². The fraction of sp³-hybridized carbons (Fsp3) is 0.222. The number of thiazole rings is 1. The third-order valence-corrected chi connectivity index (χ3v) is 8.56. The van der Waals surface area contributed by atoms with Crippen LogP contribution in [0.25, 0.3) is 32.7 Å². The van der Waals surface area contributed by atoms with Gasteiger partial charge in [-0.05, 0) is 29.3 Å². The third kappa shape index (κ3) is 5.04. The maximum Gasteiger partial charge on any atom is 0.253 e. The van der Waals surface area contributed by atoms with E-state index < -0.39 is 55.3 Å². The largest absolute Gasteiger partial charge is 0.375 e. The lowest BCUT2D eigenvalue weighted by atomic mass is 9.98. The number of sulfonamides is 2. The minimum Gasteiger partial charge on any atom is -0.375 e. The van der Waals surface area contributed by atoms with Gasteiger partial charge in [-0.3, -0.25) is 0 Å². The smallest absolute Gasteiger partial charge is 0.253 e. The van der Waals surface area contributed by atoms with E-state index in [-0.39, 0.29) is 22.1 Å². The third-order valence-electron chi connectivity index (χ3n) is 5.08. The average molecular weight is 560 g/mol. The highest BCUT2D eigenvalue weighted by atomic mass is 32.2. The number of nitrogens with zero attached hydrogens (tertiary/aromatic N) is 4. The minimum atomic E-state index is -4.73. The van der Waals surface area contributed by atoms with Crippen molar-refractivity contribution in [1.82, 2.24) is 30.3 Å². The molecule has 0 bridgehead atoms. The Morgan fingerprint density at radius 1 is 1.11 bits per heavy atom. The number of H-pyrrole nitrogens is 1. The fourth-order valence-electron chi connectivity index (χ4n) is 3.52. The molecule has 192 valence electrons. The number of nitrogen functional groups attached to an aromatic ring is 1. The number of anilines is 1. The van der Waals surface area contributed by atoms with Crippen molar-refractivity contribution in [2.75, 3.05) is 12.3 Å². The van der Waals surface area contributed by atoms with Crippen molar-refractivity contribution in [2.45, 2.75) is 28.7 Å². The van der Waals surface area contributed by atoms with E-state index >= 15 is 0 Å². The van der Waals surface area contributed by atoms with Gasteiger partial charge < -0.3 is 11.5 Å². The van der Waals surface area contributed by atoms with E-state index in [0.717, 1.165) is 6.07 Å². The molecule has 4 aromatic rings. The molecule has 2 heterocycles. The predicted molar refractivity (Wildman–Crippen MR) is 128 cm³/mol. The predicted octanol–water partition coefficient (Wildman–Crippen LogP) is 0.634. The molecule has 0 amide bonds. The van der Waals surface area contributed by atoms with Gasteiger partial charge in [0.1, 0.15) is 9.79 Å². The summed E-state index contributed by atoms with van der Waals surface area (Å²) in [5, 5.41) is 19.1. The number of halogens is 2. The van der Waals surface area contributed by atoms with Crippen LogP contribution in [-0.4, -0.2) is 61.5 Å². The second kappa shape index (κ2) is 9.71. The van der Waals surface area contributed by atoms with Gasteiger partial charge in [-0.15, -0.1) is 10.2 Å². The lowest BCUT2D eigenvalue weighted by molar-refractivity contribution is 0.113. The van der Waals surface area contributed by atoms with Crippen molar-refractivity contribution in [3.8, 4) is 22.5 Å². The zero-order valence-electron chi connectivity index (χ0n) is 18.1. The van der Waals surface area contributed by atoms with Gasteiger partial charge in [-0.1, -0.05) is 29.5 Å². The Hall–Kier alpha value is -3.16. The van der Waals surface area contributed by atoms with Gasteiger partial charge in [-0.2, -0.15) is 5.21 Å². The molecule has 13 nitrogen and oxygen atoms in total. The summed E-state index contributed by atoms with van der Waals surface area (Å²) in [7, 11) is -9.31. The lowest BCUT2D eigenvalue weighted by Crippen LogP contribution is -2.35. The number of aromatic amines is 1. The van der Waals surface area contributed by atoms with E-state index in [1.165, 1.54) is 17.4 Å². The van der Waals surface area contributed by atoms with Crippen molar-refractivity contribution >= 4 is 46.7 Å². The van der Waals surface area contributed by atoms with Crippen molar-refractivity contribution < 1.29 is 25.6 Å². The van der Waals surface area contributed by atoms with Crippen LogP contribution in [0.15, 0.2) is 40.1 Å². The lowest BCUT2D eigenvalue weighted by Gasteiger charge is -2.17. The van der Waals surface area contributed by atoms with Crippen LogP contribution in [0.5, 0.6) is 0 Å². The molecule has 0 fully saturated rings. The molecule has 2 aromatic carbocycles. The maximum atomic E-state index is 13.1. The van der Waals surface area contributed by atoms with E-state index in [9.17, 15) is 25.6 Å². The average Bonchev–Trinajstić information content (AvgIpc) is 3.46. The summed E-state index contributed by atoms with van der Waals surface area (Å²) in [5.74, 6) is -0.258. The van der Waals surface area contributed by atoms with Crippen molar-refractivity contribution in [3.63, 3.8) is 0 Å². The van der Waals surface area contributed by atoms with Crippen LogP contribution in [0.4, 0.5) is 13.9 Å². The van der Waals surface area contributed by atoms with Gasteiger partial charge in [0.2, 0.25) is 25.9 Å². The summed E-state index contributed by atoms with van der Waals surface area (Å²) >= 11 is 1.20. The number of fused-ring (bicyclic) bond motifs is 1. The van der Waals surface area contributed by atoms with E-state index in [2.05, 4.69) is 30.3 Å². The minimum absolute atomic E-state index is 0.190. The Morgan fingerprint density at radius 3 is 2.50 bits per heavy atom. The zero-order chi connectivity index (χ0) is 26.3. The Labute approximate surface area is 207 Å². The maximum absolute atomic E-state index is 13.1. The van der Waals surface area contributed by atoms with Crippen LogP contribution in [0.1, 0.15) is 6.42 Å². The second-order valence-corrected chi connectivity index (χ2v) is 11.8. The summed E-state index contributed by atoms with van der Waals surface area (Å²) in [5.41, 5.74) is 11.9. The molecule has 0 aliphatic heterocycles. The molecule has 1 unspecified atom stereocenters. The van der Waals surface area contributed by atoms with Crippen molar-refractivity contribution in [3.05, 3.63) is 30.3 Å². The number of para-hydroxylation sites is 1. The summed E-state index contributed by atoms with van der Waals surface area (Å²) < 4.78 is 79.9. The Kier molecular flexibility index (Phi) is 6.99. The first-order valence-corrected chi connectivity index (χ1v) is 13.9. The number of tetrazole rings is 1. The highest BCUT2D eigenvalue weighted by Crippen LogP contribution is 2.41. The van der Waals surface area contributed by atoms with E-state index in [4.69, 9.17) is 16.6 Å². The molecule has 0 radical (unpaired) electrons. The number of primary sulfonamides is 1. The van der Waals surface area contributed by atoms with Crippen LogP contribution in [0, 0.1) is 0 Å². The van der Waals surface area contributed by atoms with Gasteiger partial charge >= 0.3 is 0 Å².